The minimum absolute atomic E-state index is 0.401. The molecule has 2 atom stereocenters. The van der Waals surface area contributed by atoms with E-state index in [-0.39, 0.29) is 0 Å². The lowest BCUT2D eigenvalue weighted by atomic mass is 9.81. The molecule has 0 aliphatic heterocycles. The first-order valence-electron chi connectivity index (χ1n) is 22.3. The van der Waals surface area contributed by atoms with Gasteiger partial charge in [-0.2, -0.15) is 0 Å². The summed E-state index contributed by atoms with van der Waals surface area (Å²) in [5, 5.41) is 0. The molecule has 2 heteroatoms. The fourth-order valence-corrected chi connectivity index (χ4v) is 8.84. The molecule has 0 radical (unpaired) electrons. The maximum absolute atomic E-state index is 6.21. The van der Waals surface area contributed by atoms with E-state index in [0.29, 0.717) is 17.8 Å². The van der Waals surface area contributed by atoms with Crippen LogP contribution in [0.25, 0.3) is 0 Å². The Bertz CT molecular complexity index is 1480. The predicted molar refractivity (Wildman–Crippen MR) is 239 cm³/mol. The van der Waals surface area contributed by atoms with Gasteiger partial charge in [0.05, 0.1) is 0 Å². The van der Waals surface area contributed by atoms with Crippen molar-refractivity contribution in [2.24, 2.45) is 0 Å². The standard InChI is InChI=1S/C52H76N2/c1-6-9-12-14-16-18-21-24-51(48-36-34-46(53)38-40(48)4)44-30-26-42(27-31-44)50(23-20-11-8-3)43-28-32-45(33-29-43)52(25-22-19-17-15-13-10-7-2)49-37-35-47(54)39-41(49)5/h26-39,50-52H,6-25,53-54H2,1-5H3. The van der Waals surface area contributed by atoms with Crippen molar-refractivity contribution in [2.75, 3.05) is 11.5 Å². The van der Waals surface area contributed by atoms with E-state index in [9.17, 15) is 0 Å². The molecular formula is C52H76N2. The summed E-state index contributed by atoms with van der Waals surface area (Å²) in [5.74, 6) is 1.20. The van der Waals surface area contributed by atoms with Crippen molar-refractivity contribution in [1.29, 1.82) is 0 Å². The highest BCUT2D eigenvalue weighted by atomic mass is 14.5. The lowest BCUT2D eigenvalue weighted by Crippen LogP contribution is -2.07. The van der Waals surface area contributed by atoms with Gasteiger partial charge in [0, 0.05) is 29.1 Å². The second-order valence-corrected chi connectivity index (χ2v) is 16.5. The lowest BCUT2D eigenvalue weighted by molar-refractivity contribution is 0.558. The average Bonchev–Trinajstić information content (AvgIpc) is 3.17. The van der Waals surface area contributed by atoms with Crippen LogP contribution in [0.5, 0.6) is 0 Å². The molecule has 4 rings (SSSR count). The first-order chi connectivity index (χ1) is 26.4. The van der Waals surface area contributed by atoms with Crippen LogP contribution in [0.2, 0.25) is 0 Å². The zero-order chi connectivity index (χ0) is 38.5. The third-order valence-electron chi connectivity index (χ3n) is 12.1. The van der Waals surface area contributed by atoms with Gasteiger partial charge in [-0.15, -0.1) is 0 Å². The molecule has 0 spiro atoms. The van der Waals surface area contributed by atoms with E-state index in [2.05, 4.69) is 120 Å². The number of nitrogens with two attached hydrogens (primary N) is 2. The Morgan fingerprint density at radius 3 is 0.981 bits per heavy atom. The molecule has 4 aromatic carbocycles. The van der Waals surface area contributed by atoms with Crippen LogP contribution in [-0.4, -0.2) is 0 Å². The highest BCUT2D eigenvalue weighted by Crippen LogP contribution is 2.38. The van der Waals surface area contributed by atoms with Crippen LogP contribution in [0.15, 0.2) is 84.9 Å². The molecule has 2 unspecified atom stereocenters. The van der Waals surface area contributed by atoms with E-state index >= 15 is 0 Å². The van der Waals surface area contributed by atoms with Crippen molar-refractivity contribution in [3.63, 3.8) is 0 Å². The monoisotopic (exact) mass is 729 g/mol. The molecule has 0 bridgehead atoms. The Morgan fingerprint density at radius 2 is 0.630 bits per heavy atom. The van der Waals surface area contributed by atoms with Crippen LogP contribution in [0.4, 0.5) is 11.4 Å². The third kappa shape index (κ3) is 13.6. The van der Waals surface area contributed by atoms with Gasteiger partial charge >= 0.3 is 0 Å². The molecule has 0 amide bonds. The Kier molecular flexibility index (Phi) is 19.3. The summed E-state index contributed by atoms with van der Waals surface area (Å²) in [6.07, 6.45) is 26.1. The zero-order valence-electron chi connectivity index (χ0n) is 35.1. The second-order valence-electron chi connectivity index (χ2n) is 16.5. The van der Waals surface area contributed by atoms with Gasteiger partial charge in [-0.25, -0.2) is 0 Å². The molecule has 54 heavy (non-hydrogen) atoms. The fraction of sp³-hybridized carbons (Fsp3) is 0.538. The first-order valence-corrected chi connectivity index (χ1v) is 22.3. The third-order valence-corrected chi connectivity index (χ3v) is 12.1. The molecule has 0 saturated carbocycles. The van der Waals surface area contributed by atoms with Gasteiger partial charge in [0.2, 0.25) is 0 Å². The van der Waals surface area contributed by atoms with Crippen molar-refractivity contribution in [3.05, 3.63) is 129 Å². The smallest absolute Gasteiger partial charge is 0.0316 e. The second kappa shape index (κ2) is 24.1. The van der Waals surface area contributed by atoms with Crippen LogP contribution in [0.3, 0.4) is 0 Å². The molecule has 0 aromatic heterocycles. The molecule has 4 aromatic rings. The number of hydrogen-bond donors (Lipinski definition) is 2. The van der Waals surface area contributed by atoms with E-state index in [1.165, 1.54) is 173 Å². The Labute approximate surface area is 332 Å². The summed E-state index contributed by atoms with van der Waals surface area (Å²) >= 11 is 0. The molecule has 0 saturated heterocycles. The van der Waals surface area contributed by atoms with Gasteiger partial charge < -0.3 is 11.5 Å². The summed E-state index contributed by atoms with van der Waals surface area (Å²) in [6.45, 7) is 11.4. The number of unbranched alkanes of at least 4 members (excludes halogenated alkanes) is 14. The number of hydrogen-bond acceptors (Lipinski definition) is 2. The van der Waals surface area contributed by atoms with Crippen LogP contribution in [0, 0.1) is 13.8 Å². The number of nitrogen functional groups attached to an aromatic ring is 2. The highest BCUT2D eigenvalue weighted by molar-refractivity contribution is 5.50. The zero-order valence-corrected chi connectivity index (χ0v) is 35.1. The molecule has 4 N–H and O–H groups in total. The lowest BCUT2D eigenvalue weighted by Gasteiger charge is -2.24. The summed E-state index contributed by atoms with van der Waals surface area (Å²) < 4.78 is 0. The molecular weight excluding hydrogens is 653 g/mol. The molecule has 0 fully saturated rings. The highest BCUT2D eigenvalue weighted by Gasteiger charge is 2.21. The predicted octanol–water partition coefficient (Wildman–Crippen LogP) is 15.7. The Hall–Kier alpha value is -3.52. The van der Waals surface area contributed by atoms with Crippen LogP contribution < -0.4 is 11.5 Å². The van der Waals surface area contributed by atoms with E-state index in [1.807, 2.05) is 0 Å². The fourth-order valence-electron chi connectivity index (χ4n) is 8.84. The maximum Gasteiger partial charge on any atom is 0.0316 e. The van der Waals surface area contributed by atoms with Gasteiger partial charge in [0.25, 0.3) is 0 Å². The summed E-state index contributed by atoms with van der Waals surface area (Å²) in [6, 6.07) is 32.6. The molecule has 0 aliphatic rings. The van der Waals surface area contributed by atoms with E-state index < -0.39 is 0 Å². The average molecular weight is 729 g/mol. The molecule has 294 valence electrons. The van der Waals surface area contributed by atoms with Gasteiger partial charge in [0.1, 0.15) is 0 Å². The molecule has 0 heterocycles. The number of aryl methyl sites for hydroxylation is 2. The van der Waals surface area contributed by atoms with Crippen molar-refractivity contribution < 1.29 is 0 Å². The van der Waals surface area contributed by atoms with Gasteiger partial charge in [0.15, 0.2) is 0 Å². The molecule has 2 nitrogen and oxygen atoms in total. The Morgan fingerprint density at radius 1 is 0.352 bits per heavy atom. The number of anilines is 2. The van der Waals surface area contributed by atoms with Gasteiger partial charge in [-0.3, -0.25) is 0 Å². The van der Waals surface area contributed by atoms with Gasteiger partial charge in [-0.1, -0.05) is 191 Å². The number of benzene rings is 4. The Balaban J connectivity index is 1.55. The minimum atomic E-state index is 0.401. The number of rotatable bonds is 26. The SMILES string of the molecule is CCCCCCCCCC(c1ccc(C(CCCCC)c2ccc(C(CCCCCCCCC)c3ccc(N)cc3C)cc2)cc1)c1ccc(N)cc1C. The quantitative estimate of drug-likeness (QED) is 0.0499. The first kappa shape index (κ1) is 43.2. The normalized spacial score (nSPS) is 13.2. The van der Waals surface area contributed by atoms with Crippen LogP contribution >= 0.6 is 0 Å². The van der Waals surface area contributed by atoms with E-state index in [4.69, 9.17) is 11.5 Å². The van der Waals surface area contributed by atoms with Crippen molar-refractivity contribution in [3.8, 4) is 0 Å². The summed E-state index contributed by atoms with van der Waals surface area (Å²) in [5.41, 5.74) is 25.4. The minimum Gasteiger partial charge on any atom is -0.399 e. The van der Waals surface area contributed by atoms with Crippen LogP contribution in [-0.2, 0) is 0 Å². The van der Waals surface area contributed by atoms with Gasteiger partial charge in [-0.05, 0) is 102 Å². The van der Waals surface area contributed by atoms with Crippen molar-refractivity contribution in [1.82, 2.24) is 0 Å². The topological polar surface area (TPSA) is 52.0 Å². The summed E-state index contributed by atoms with van der Waals surface area (Å²) in [4.78, 5) is 0. The largest absolute Gasteiger partial charge is 0.399 e. The van der Waals surface area contributed by atoms with E-state index in [0.717, 1.165) is 11.4 Å². The van der Waals surface area contributed by atoms with Crippen molar-refractivity contribution >= 4 is 11.4 Å². The van der Waals surface area contributed by atoms with Crippen molar-refractivity contribution in [2.45, 2.75) is 181 Å². The van der Waals surface area contributed by atoms with E-state index in [1.54, 1.807) is 0 Å². The maximum atomic E-state index is 6.21. The molecule has 0 aliphatic carbocycles. The summed E-state index contributed by atoms with van der Waals surface area (Å²) in [7, 11) is 0. The van der Waals surface area contributed by atoms with Crippen LogP contribution in [0.1, 0.15) is 211 Å².